The summed E-state index contributed by atoms with van der Waals surface area (Å²) in [5.74, 6) is -0.0400. The average Bonchev–Trinajstić information content (AvgIpc) is 2.62. The van der Waals surface area contributed by atoms with Gasteiger partial charge in [-0.1, -0.05) is 12.1 Å². The predicted octanol–water partition coefficient (Wildman–Crippen LogP) is 0.207. The van der Waals surface area contributed by atoms with Crippen molar-refractivity contribution in [1.29, 1.82) is 0 Å². The molecular formula is C14H16N2O3. The van der Waals surface area contributed by atoms with Gasteiger partial charge in [-0.2, -0.15) is 0 Å². The molecule has 0 aromatic heterocycles. The number of hydrogen-bond donors (Lipinski definition) is 1. The molecule has 1 saturated heterocycles. The van der Waals surface area contributed by atoms with E-state index in [1.165, 1.54) is 4.90 Å². The number of likely N-dealkylation sites (tertiary alicyclic amines) is 1. The molecule has 0 spiro atoms. The number of nitrogens with zero attached hydrogens (tertiary/aromatic N) is 2. The lowest BCUT2D eigenvalue weighted by Gasteiger charge is -2.38. The number of amides is 2. The molecule has 1 aromatic rings. The molecule has 0 saturated carbocycles. The fourth-order valence-corrected chi connectivity index (χ4v) is 2.66. The maximum atomic E-state index is 12.1. The van der Waals surface area contributed by atoms with E-state index in [0.29, 0.717) is 30.1 Å². The molecule has 2 heterocycles. The van der Waals surface area contributed by atoms with Gasteiger partial charge in [0.15, 0.2) is 0 Å². The highest BCUT2D eigenvalue weighted by Gasteiger charge is 2.35. The number of fused-ring (bicyclic) bond motifs is 1. The highest BCUT2D eigenvalue weighted by Crippen LogP contribution is 2.22. The van der Waals surface area contributed by atoms with Crippen molar-refractivity contribution >= 4 is 11.8 Å². The lowest BCUT2D eigenvalue weighted by Crippen LogP contribution is -2.51. The van der Waals surface area contributed by atoms with Crippen LogP contribution >= 0.6 is 0 Å². The van der Waals surface area contributed by atoms with Crippen LogP contribution in [0.15, 0.2) is 24.3 Å². The van der Waals surface area contributed by atoms with E-state index in [1.807, 2.05) is 0 Å². The number of hydrogen-bond acceptors (Lipinski definition) is 4. The molecule has 2 aliphatic rings. The van der Waals surface area contributed by atoms with Crippen molar-refractivity contribution in [2.75, 3.05) is 32.8 Å². The molecule has 19 heavy (non-hydrogen) atoms. The Labute approximate surface area is 111 Å². The van der Waals surface area contributed by atoms with Crippen molar-refractivity contribution in [2.45, 2.75) is 0 Å². The molecule has 1 N–H and O–H groups in total. The Bertz CT molecular complexity index is 488. The van der Waals surface area contributed by atoms with E-state index in [4.69, 9.17) is 5.11 Å². The van der Waals surface area contributed by atoms with Crippen molar-refractivity contribution in [3.63, 3.8) is 0 Å². The first-order chi connectivity index (χ1) is 9.20. The molecule has 0 aliphatic carbocycles. The van der Waals surface area contributed by atoms with Gasteiger partial charge in [-0.15, -0.1) is 0 Å². The molecular weight excluding hydrogens is 244 g/mol. The van der Waals surface area contributed by atoms with E-state index in [2.05, 4.69) is 4.90 Å². The van der Waals surface area contributed by atoms with Gasteiger partial charge in [0.25, 0.3) is 11.8 Å². The SMILES string of the molecule is O=C1c2ccccc2C(=O)N1CCN1CC(CO)C1. The highest BCUT2D eigenvalue weighted by atomic mass is 16.3. The summed E-state index contributed by atoms with van der Waals surface area (Å²) in [6.45, 7) is 3.01. The van der Waals surface area contributed by atoms with Crippen LogP contribution in [0.25, 0.3) is 0 Å². The summed E-state index contributed by atoms with van der Waals surface area (Å²) in [5.41, 5.74) is 1.01. The second-order valence-electron chi connectivity index (χ2n) is 5.12. The summed E-state index contributed by atoms with van der Waals surface area (Å²) in [6.07, 6.45) is 0. The van der Waals surface area contributed by atoms with Gasteiger partial charge < -0.3 is 10.0 Å². The van der Waals surface area contributed by atoms with Crippen molar-refractivity contribution in [3.8, 4) is 0 Å². The molecule has 1 aromatic carbocycles. The third-order valence-corrected chi connectivity index (χ3v) is 3.81. The first-order valence-electron chi connectivity index (χ1n) is 6.49. The van der Waals surface area contributed by atoms with Crippen LogP contribution in [-0.4, -0.2) is 59.5 Å². The van der Waals surface area contributed by atoms with Gasteiger partial charge in [-0.05, 0) is 12.1 Å². The van der Waals surface area contributed by atoms with Crippen LogP contribution in [0.1, 0.15) is 20.7 Å². The molecule has 100 valence electrons. The topological polar surface area (TPSA) is 60.9 Å². The molecule has 2 amide bonds. The second kappa shape index (κ2) is 4.75. The Hall–Kier alpha value is -1.72. The quantitative estimate of drug-likeness (QED) is 0.786. The summed E-state index contributed by atoms with van der Waals surface area (Å²) >= 11 is 0. The van der Waals surface area contributed by atoms with Gasteiger partial charge in [0.1, 0.15) is 0 Å². The summed E-state index contributed by atoms with van der Waals surface area (Å²) in [4.78, 5) is 27.6. The van der Waals surface area contributed by atoms with E-state index in [0.717, 1.165) is 13.1 Å². The Morgan fingerprint density at radius 2 is 1.63 bits per heavy atom. The summed E-state index contributed by atoms with van der Waals surface area (Å²) in [6, 6.07) is 6.94. The van der Waals surface area contributed by atoms with E-state index in [1.54, 1.807) is 24.3 Å². The molecule has 5 heteroatoms. The lowest BCUT2D eigenvalue weighted by atomic mass is 10.0. The highest BCUT2D eigenvalue weighted by molar-refractivity contribution is 6.21. The molecule has 5 nitrogen and oxygen atoms in total. The molecule has 0 bridgehead atoms. The Balaban J connectivity index is 1.62. The lowest BCUT2D eigenvalue weighted by molar-refractivity contribution is 0.0410. The van der Waals surface area contributed by atoms with Gasteiger partial charge in [0.05, 0.1) is 11.1 Å². The fraction of sp³-hybridized carbons (Fsp3) is 0.429. The van der Waals surface area contributed by atoms with E-state index in [9.17, 15) is 9.59 Å². The normalized spacial score (nSPS) is 19.7. The third-order valence-electron chi connectivity index (χ3n) is 3.81. The zero-order chi connectivity index (χ0) is 13.4. The number of benzene rings is 1. The van der Waals surface area contributed by atoms with Gasteiger partial charge in [-0.25, -0.2) is 0 Å². The number of carbonyl (C=O) groups excluding carboxylic acids is 2. The van der Waals surface area contributed by atoms with Crippen LogP contribution in [-0.2, 0) is 0 Å². The number of carbonyl (C=O) groups is 2. The summed E-state index contributed by atoms with van der Waals surface area (Å²) in [5, 5.41) is 8.94. The Kier molecular flexibility index (Phi) is 3.08. The minimum Gasteiger partial charge on any atom is -0.396 e. The van der Waals surface area contributed by atoms with Crippen molar-refractivity contribution in [1.82, 2.24) is 9.80 Å². The maximum absolute atomic E-state index is 12.1. The Morgan fingerprint density at radius 1 is 1.05 bits per heavy atom. The standard InChI is InChI=1S/C14H16N2O3/c17-9-10-7-15(8-10)5-6-16-13(18)11-3-1-2-4-12(11)14(16)19/h1-4,10,17H,5-9H2. The van der Waals surface area contributed by atoms with Crippen molar-refractivity contribution < 1.29 is 14.7 Å². The Morgan fingerprint density at radius 3 is 2.16 bits per heavy atom. The monoisotopic (exact) mass is 260 g/mol. The fourth-order valence-electron chi connectivity index (χ4n) is 2.66. The summed E-state index contributed by atoms with van der Waals surface area (Å²) < 4.78 is 0. The maximum Gasteiger partial charge on any atom is 0.261 e. The number of rotatable bonds is 4. The zero-order valence-corrected chi connectivity index (χ0v) is 10.6. The smallest absolute Gasteiger partial charge is 0.261 e. The average molecular weight is 260 g/mol. The number of aliphatic hydroxyl groups is 1. The second-order valence-corrected chi connectivity index (χ2v) is 5.12. The first-order valence-corrected chi connectivity index (χ1v) is 6.49. The number of aliphatic hydroxyl groups excluding tert-OH is 1. The van der Waals surface area contributed by atoms with Gasteiger partial charge in [0, 0.05) is 38.7 Å². The minimum atomic E-state index is -0.195. The van der Waals surface area contributed by atoms with E-state index >= 15 is 0 Å². The van der Waals surface area contributed by atoms with Gasteiger partial charge >= 0.3 is 0 Å². The van der Waals surface area contributed by atoms with Gasteiger partial charge in [-0.3, -0.25) is 14.5 Å². The van der Waals surface area contributed by atoms with Crippen molar-refractivity contribution in [3.05, 3.63) is 35.4 Å². The molecule has 1 fully saturated rings. The van der Waals surface area contributed by atoms with Crippen LogP contribution in [0.2, 0.25) is 0 Å². The van der Waals surface area contributed by atoms with Crippen LogP contribution in [0.5, 0.6) is 0 Å². The molecule has 0 atom stereocenters. The van der Waals surface area contributed by atoms with Crippen LogP contribution in [0, 0.1) is 5.92 Å². The molecule has 3 rings (SSSR count). The first kappa shape index (κ1) is 12.3. The van der Waals surface area contributed by atoms with Crippen LogP contribution in [0.3, 0.4) is 0 Å². The number of imide groups is 1. The summed E-state index contributed by atoms with van der Waals surface area (Å²) in [7, 11) is 0. The van der Waals surface area contributed by atoms with Crippen LogP contribution in [0.4, 0.5) is 0 Å². The van der Waals surface area contributed by atoms with Gasteiger partial charge in [0.2, 0.25) is 0 Å². The largest absolute Gasteiger partial charge is 0.396 e. The predicted molar refractivity (Wildman–Crippen MR) is 68.8 cm³/mol. The molecule has 0 radical (unpaired) electrons. The third kappa shape index (κ3) is 2.05. The van der Waals surface area contributed by atoms with Crippen molar-refractivity contribution in [2.24, 2.45) is 5.92 Å². The van der Waals surface area contributed by atoms with Crippen LogP contribution < -0.4 is 0 Å². The van der Waals surface area contributed by atoms with E-state index < -0.39 is 0 Å². The van der Waals surface area contributed by atoms with E-state index in [-0.39, 0.29) is 18.4 Å². The zero-order valence-electron chi connectivity index (χ0n) is 10.6. The minimum absolute atomic E-state index is 0.195. The molecule has 0 unspecified atom stereocenters. The molecule has 2 aliphatic heterocycles.